The maximum absolute atomic E-state index is 12.2. The van der Waals surface area contributed by atoms with E-state index in [2.05, 4.69) is 39.7 Å². The molecule has 0 bridgehead atoms. The molecule has 27 heavy (non-hydrogen) atoms. The highest BCUT2D eigenvalue weighted by atomic mass is 32.2. The molecule has 0 radical (unpaired) electrons. The molecule has 0 spiro atoms. The molecule has 0 atom stereocenters. The summed E-state index contributed by atoms with van der Waals surface area (Å²) in [5, 5.41) is 6.80. The first kappa shape index (κ1) is 18.9. The van der Waals surface area contributed by atoms with Crippen molar-refractivity contribution in [2.24, 2.45) is 0 Å². The van der Waals surface area contributed by atoms with E-state index in [9.17, 15) is 4.79 Å². The lowest BCUT2D eigenvalue weighted by Crippen LogP contribution is -2.22. The molecule has 6 heteroatoms. The second-order valence-corrected chi connectivity index (χ2v) is 6.92. The van der Waals surface area contributed by atoms with Gasteiger partial charge in [-0.25, -0.2) is 4.98 Å². The van der Waals surface area contributed by atoms with E-state index >= 15 is 0 Å². The molecule has 2 N–H and O–H groups in total. The molecule has 3 rings (SSSR count). The Morgan fingerprint density at radius 2 is 1.81 bits per heavy atom. The minimum absolute atomic E-state index is 0.111. The molecule has 0 aliphatic rings. The van der Waals surface area contributed by atoms with Crippen molar-refractivity contribution in [2.45, 2.75) is 24.1 Å². The second-order valence-electron chi connectivity index (χ2n) is 5.93. The van der Waals surface area contributed by atoms with Crippen molar-refractivity contribution in [1.29, 1.82) is 0 Å². The van der Waals surface area contributed by atoms with E-state index in [1.807, 2.05) is 42.5 Å². The Hall–Kier alpha value is -2.86. The van der Waals surface area contributed by atoms with Crippen LogP contribution in [0.5, 0.6) is 0 Å². The van der Waals surface area contributed by atoms with E-state index in [1.54, 1.807) is 24.2 Å². The lowest BCUT2D eigenvalue weighted by Gasteiger charge is -2.10. The third-order valence-electron chi connectivity index (χ3n) is 3.94. The quantitative estimate of drug-likeness (QED) is 0.569. The summed E-state index contributed by atoms with van der Waals surface area (Å²) in [4.78, 5) is 20.9. The Balaban J connectivity index is 1.52. The van der Waals surface area contributed by atoms with Gasteiger partial charge >= 0.3 is 0 Å². The van der Waals surface area contributed by atoms with E-state index in [-0.39, 0.29) is 12.5 Å². The number of aromatic nitrogens is 2. The fourth-order valence-corrected chi connectivity index (χ4v) is 3.36. The summed E-state index contributed by atoms with van der Waals surface area (Å²) >= 11 is 1.62. The van der Waals surface area contributed by atoms with Crippen LogP contribution in [0.2, 0.25) is 0 Å². The lowest BCUT2D eigenvalue weighted by molar-refractivity contribution is -0.114. The zero-order valence-corrected chi connectivity index (χ0v) is 16.0. The molecule has 0 aliphatic carbocycles. The normalized spacial score (nSPS) is 10.4. The SMILES string of the molecule is CCc1ccccc1NC(=O)CNc1cncc(SCc2ccccc2)n1. The van der Waals surface area contributed by atoms with Gasteiger partial charge in [-0.2, -0.15) is 0 Å². The largest absolute Gasteiger partial charge is 0.360 e. The van der Waals surface area contributed by atoms with Crippen LogP contribution in [0.4, 0.5) is 11.5 Å². The van der Waals surface area contributed by atoms with Gasteiger partial charge in [0.05, 0.1) is 18.9 Å². The Bertz CT molecular complexity index is 886. The van der Waals surface area contributed by atoms with Crippen LogP contribution in [-0.2, 0) is 17.0 Å². The van der Waals surface area contributed by atoms with Gasteiger partial charge in [-0.1, -0.05) is 55.5 Å². The molecule has 0 unspecified atom stereocenters. The van der Waals surface area contributed by atoms with Crippen molar-refractivity contribution >= 4 is 29.2 Å². The van der Waals surface area contributed by atoms with Crippen molar-refractivity contribution < 1.29 is 4.79 Å². The number of amides is 1. The van der Waals surface area contributed by atoms with Crippen LogP contribution in [0.15, 0.2) is 72.0 Å². The monoisotopic (exact) mass is 378 g/mol. The summed E-state index contributed by atoms with van der Waals surface area (Å²) in [6.07, 6.45) is 4.23. The molecule has 0 aliphatic heterocycles. The number of anilines is 2. The summed E-state index contributed by atoms with van der Waals surface area (Å²) in [7, 11) is 0. The Labute approximate surface area is 163 Å². The van der Waals surface area contributed by atoms with Gasteiger partial charge in [-0.3, -0.25) is 9.78 Å². The lowest BCUT2D eigenvalue weighted by atomic mass is 10.1. The number of carbonyl (C=O) groups is 1. The van der Waals surface area contributed by atoms with Crippen LogP contribution in [0, 0.1) is 0 Å². The number of nitrogens with zero attached hydrogens (tertiary/aromatic N) is 2. The summed E-state index contributed by atoms with van der Waals surface area (Å²) in [6, 6.07) is 18.0. The number of nitrogens with one attached hydrogen (secondary N) is 2. The number of carbonyl (C=O) groups excluding carboxylic acids is 1. The minimum atomic E-state index is -0.111. The summed E-state index contributed by atoms with van der Waals surface area (Å²) in [5.41, 5.74) is 3.20. The highest BCUT2D eigenvalue weighted by molar-refractivity contribution is 7.98. The number of thioether (sulfide) groups is 1. The molecule has 0 saturated carbocycles. The number of rotatable bonds is 8. The summed E-state index contributed by atoms with van der Waals surface area (Å²) in [5.74, 6) is 1.31. The molecule has 2 aromatic carbocycles. The van der Waals surface area contributed by atoms with Gasteiger partial charge in [-0.05, 0) is 23.6 Å². The summed E-state index contributed by atoms with van der Waals surface area (Å²) in [6.45, 7) is 2.21. The maximum atomic E-state index is 12.2. The van der Waals surface area contributed by atoms with E-state index < -0.39 is 0 Å². The molecule has 1 heterocycles. The average Bonchev–Trinajstić information content (AvgIpc) is 2.72. The first-order valence-corrected chi connectivity index (χ1v) is 9.83. The van der Waals surface area contributed by atoms with Gasteiger partial charge in [0.2, 0.25) is 5.91 Å². The average molecular weight is 379 g/mol. The zero-order chi connectivity index (χ0) is 18.9. The van der Waals surface area contributed by atoms with Crippen LogP contribution in [0.1, 0.15) is 18.1 Å². The second kappa shape index (κ2) is 9.73. The van der Waals surface area contributed by atoms with E-state index in [1.165, 1.54) is 5.56 Å². The fraction of sp³-hybridized carbons (Fsp3) is 0.190. The minimum Gasteiger partial charge on any atom is -0.360 e. The van der Waals surface area contributed by atoms with E-state index in [0.717, 1.165) is 28.5 Å². The van der Waals surface area contributed by atoms with Crippen LogP contribution in [0.25, 0.3) is 0 Å². The molecule has 0 saturated heterocycles. The number of benzene rings is 2. The van der Waals surface area contributed by atoms with Gasteiger partial charge < -0.3 is 10.6 Å². The van der Waals surface area contributed by atoms with Crippen molar-refractivity contribution in [3.05, 3.63) is 78.1 Å². The predicted octanol–water partition coefficient (Wildman–Crippen LogP) is 4.38. The van der Waals surface area contributed by atoms with Gasteiger partial charge in [-0.15, -0.1) is 11.8 Å². The molecule has 0 fully saturated rings. The van der Waals surface area contributed by atoms with Crippen molar-refractivity contribution in [2.75, 3.05) is 17.2 Å². The van der Waals surface area contributed by atoms with Crippen molar-refractivity contribution in [1.82, 2.24) is 9.97 Å². The molecule has 3 aromatic rings. The number of para-hydroxylation sites is 1. The van der Waals surface area contributed by atoms with Crippen LogP contribution >= 0.6 is 11.8 Å². The Kier molecular flexibility index (Phi) is 6.82. The molecule has 1 aromatic heterocycles. The van der Waals surface area contributed by atoms with Crippen LogP contribution < -0.4 is 10.6 Å². The van der Waals surface area contributed by atoms with Crippen LogP contribution in [0.3, 0.4) is 0 Å². The highest BCUT2D eigenvalue weighted by Crippen LogP contribution is 2.21. The molecule has 1 amide bonds. The molecule has 5 nitrogen and oxygen atoms in total. The topological polar surface area (TPSA) is 66.9 Å². The zero-order valence-electron chi connectivity index (χ0n) is 15.2. The highest BCUT2D eigenvalue weighted by Gasteiger charge is 2.07. The Morgan fingerprint density at radius 3 is 2.63 bits per heavy atom. The third kappa shape index (κ3) is 5.82. The molecular formula is C21H22N4OS. The Morgan fingerprint density at radius 1 is 1.04 bits per heavy atom. The first-order valence-electron chi connectivity index (χ1n) is 8.85. The van der Waals surface area contributed by atoms with Gasteiger partial charge in [0, 0.05) is 11.4 Å². The van der Waals surface area contributed by atoms with Crippen molar-refractivity contribution in [3.63, 3.8) is 0 Å². The van der Waals surface area contributed by atoms with E-state index in [0.29, 0.717) is 5.82 Å². The summed E-state index contributed by atoms with van der Waals surface area (Å²) < 4.78 is 0. The standard InChI is InChI=1S/C21H22N4OS/c1-2-17-10-6-7-11-18(17)24-20(26)13-23-19-12-22-14-21(25-19)27-15-16-8-4-3-5-9-16/h3-12,14H,2,13,15H2,1H3,(H,23,25)(H,24,26). The number of hydrogen-bond acceptors (Lipinski definition) is 5. The predicted molar refractivity (Wildman–Crippen MR) is 111 cm³/mol. The first-order chi connectivity index (χ1) is 13.2. The molecular weight excluding hydrogens is 356 g/mol. The fourth-order valence-electron chi connectivity index (χ4n) is 2.55. The van der Waals surface area contributed by atoms with E-state index in [4.69, 9.17) is 0 Å². The van der Waals surface area contributed by atoms with Gasteiger partial charge in [0.25, 0.3) is 0 Å². The maximum Gasteiger partial charge on any atom is 0.243 e. The molecule has 138 valence electrons. The van der Waals surface area contributed by atoms with Gasteiger partial charge in [0.15, 0.2) is 0 Å². The number of hydrogen-bond donors (Lipinski definition) is 2. The van der Waals surface area contributed by atoms with Gasteiger partial charge in [0.1, 0.15) is 10.8 Å². The van der Waals surface area contributed by atoms with Crippen LogP contribution in [-0.4, -0.2) is 22.4 Å². The third-order valence-corrected chi connectivity index (χ3v) is 4.91. The van der Waals surface area contributed by atoms with Crippen molar-refractivity contribution in [3.8, 4) is 0 Å². The smallest absolute Gasteiger partial charge is 0.243 e. The number of aryl methyl sites for hydroxylation is 1.